The number of hydrogen-bond acceptors (Lipinski definition) is 5. The van der Waals surface area contributed by atoms with E-state index < -0.39 is 17.6 Å². The lowest BCUT2D eigenvalue weighted by Gasteiger charge is -2.27. The third kappa shape index (κ3) is 3.94. The van der Waals surface area contributed by atoms with Crippen molar-refractivity contribution in [2.45, 2.75) is 13.5 Å². The predicted molar refractivity (Wildman–Crippen MR) is 108 cm³/mol. The molecule has 0 N–H and O–H groups in total. The van der Waals surface area contributed by atoms with E-state index in [1.165, 1.54) is 38.5 Å². The van der Waals surface area contributed by atoms with Crippen molar-refractivity contribution in [1.29, 1.82) is 5.26 Å². The van der Waals surface area contributed by atoms with E-state index in [0.29, 0.717) is 28.2 Å². The van der Waals surface area contributed by atoms with Gasteiger partial charge in [-0.1, -0.05) is 18.2 Å². The lowest BCUT2D eigenvalue weighted by Crippen LogP contribution is -2.42. The van der Waals surface area contributed by atoms with Gasteiger partial charge in [0.1, 0.15) is 17.5 Å². The van der Waals surface area contributed by atoms with Crippen LogP contribution in [0.25, 0.3) is 6.08 Å². The Morgan fingerprint density at radius 1 is 1.03 bits per heavy atom. The Labute approximate surface area is 173 Å². The number of halogens is 1. The maximum atomic E-state index is 13.2. The molecule has 2 aromatic carbocycles. The van der Waals surface area contributed by atoms with Crippen LogP contribution in [-0.2, 0) is 16.1 Å². The highest BCUT2D eigenvalue weighted by Gasteiger charge is 2.35. The van der Waals surface area contributed by atoms with Crippen LogP contribution in [0.3, 0.4) is 0 Å². The fraction of sp³-hybridized carbons (Fsp3) is 0.174. The molecule has 2 aromatic rings. The first kappa shape index (κ1) is 20.8. The first-order chi connectivity index (χ1) is 14.4. The van der Waals surface area contributed by atoms with Crippen molar-refractivity contribution >= 4 is 17.9 Å². The van der Waals surface area contributed by atoms with Gasteiger partial charge < -0.3 is 9.47 Å². The van der Waals surface area contributed by atoms with E-state index >= 15 is 0 Å². The SMILES string of the molecule is COc1ccc(/C=C2/C(=O)N(Cc3ccc(F)cc3)C(=O)C(C#N)=C2C)cc1OC. The van der Waals surface area contributed by atoms with Crippen molar-refractivity contribution < 1.29 is 23.5 Å². The third-order valence-electron chi connectivity index (χ3n) is 4.80. The van der Waals surface area contributed by atoms with Crippen molar-refractivity contribution in [3.63, 3.8) is 0 Å². The summed E-state index contributed by atoms with van der Waals surface area (Å²) in [5, 5.41) is 9.49. The third-order valence-corrected chi connectivity index (χ3v) is 4.80. The molecule has 6 nitrogen and oxygen atoms in total. The quantitative estimate of drug-likeness (QED) is 0.560. The molecule has 0 unspecified atom stereocenters. The molecule has 0 fully saturated rings. The highest BCUT2D eigenvalue weighted by molar-refractivity contribution is 6.19. The molecule has 0 radical (unpaired) electrons. The minimum atomic E-state index is -0.672. The molecular formula is C23H19FN2O4. The van der Waals surface area contributed by atoms with E-state index in [1.807, 2.05) is 6.07 Å². The second kappa shape index (κ2) is 8.62. The van der Waals surface area contributed by atoms with Gasteiger partial charge in [-0.2, -0.15) is 5.26 Å². The largest absolute Gasteiger partial charge is 0.493 e. The Morgan fingerprint density at radius 3 is 2.30 bits per heavy atom. The average molecular weight is 406 g/mol. The van der Waals surface area contributed by atoms with Crippen LogP contribution in [0.5, 0.6) is 11.5 Å². The summed E-state index contributed by atoms with van der Waals surface area (Å²) < 4.78 is 23.7. The Hall–Kier alpha value is -3.92. The van der Waals surface area contributed by atoms with Crippen LogP contribution < -0.4 is 9.47 Å². The van der Waals surface area contributed by atoms with Crippen LogP contribution in [0.1, 0.15) is 18.1 Å². The van der Waals surface area contributed by atoms with Gasteiger partial charge in [0.25, 0.3) is 11.8 Å². The first-order valence-electron chi connectivity index (χ1n) is 9.05. The lowest BCUT2D eigenvalue weighted by atomic mass is 9.93. The standard InChI is InChI=1S/C23H19FN2O4/c1-14-18(10-16-6-9-20(29-2)21(11-16)30-3)22(27)26(23(28)19(14)12-25)13-15-4-7-17(24)8-5-15/h4-11H,13H2,1-3H3/b18-10+. The molecule has 152 valence electrons. The molecule has 0 atom stereocenters. The molecule has 0 spiro atoms. The van der Waals surface area contributed by atoms with Gasteiger partial charge in [0, 0.05) is 5.57 Å². The Bertz CT molecular complexity index is 1110. The van der Waals surface area contributed by atoms with Crippen molar-refractivity contribution in [1.82, 2.24) is 4.90 Å². The average Bonchev–Trinajstić information content (AvgIpc) is 2.75. The molecule has 7 heteroatoms. The molecule has 1 aliphatic heterocycles. The summed E-state index contributed by atoms with van der Waals surface area (Å²) in [6.45, 7) is 1.50. The van der Waals surface area contributed by atoms with Gasteiger partial charge in [0.15, 0.2) is 11.5 Å². The number of rotatable bonds is 5. The molecule has 0 aliphatic carbocycles. The van der Waals surface area contributed by atoms with Gasteiger partial charge in [-0.05, 0) is 54.0 Å². The zero-order valence-electron chi connectivity index (χ0n) is 16.7. The van der Waals surface area contributed by atoms with Gasteiger partial charge in [0.05, 0.1) is 20.8 Å². The Morgan fingerprint density at radius 2 is 1.70 bits per heavy atom. The van der Waals surface area contributed by atoms with Crippen LogP contribution in [0, 0.1) is 17.1 Å². The maximum Gasteiger partial charge on any atom is 0.271 e. The van der Waals surface area contributed by atoms with E-state index in [2.05, 4.69) is 0 Å². The molecule has 0 bridgehead atoms. The fourth-order valence-electron chi connectivity index (χ4n) is 3.15. The van der Waals surface area contributed by atoms with E-state index in [9.17, 15) is 19.2 Å². The Balaban J connectivity index is 2.05. The molecule has 1 aliphatic rings. The zero-order valence-corrected chi connectivity index (χ0v) is 16.7. The molecule has 0 saturated heterocycles. The highest BCUT2D eigenvalue weighted by atomic mass is 19.1. The minimum absolute atomic E-state index is 0.0698. The second-order valence-electron chi connectivity index (χ2n) is 6.61. The van der Waals surface area contributed by atoms with Gasteiger partial charge in [0.2, 0.25) is 0 Å². The lowest BCUT2D eigenvalue weighted by molar-refractivity contribution is -0.141. The summed E-state index contributed by atoms with van der Waals surface area (Å²) in [7, 11) is 3.02. The molecule has 2 amide bonds. The summed E-state index contributed by atoms with van der Waals surface area (Å²) >= 11 is 0. The van der Waals surface area contributed by atoms with Gasteiger partial charge in [-0.3, -0.25) is 14.5 Å². The van der Waals surface area contributed by atoms with E-state index in [1.54, 1.807) is 31.2 Å². The van der Waals surface area contributed by atoms with Crippen LogP contribution >= 0.6 is 0 Å². The number of hydrogen-bond donors (Lipinski definition) is 0. The topological polar surface area (TPSA) is 79.6 Å². The number of methoxy groups -OCH3 is 2. The van der Waals surface area contributed by atoms with E-state index in [4.69, 9.17) is 9.47 Å². The molecule has 3 rings (SSSR count). The number of ether oxygens (including phenoxy) is 2. The van der Waals surface area contributed by atoms with Gasteiger partial charge in [-0.15, -0.1) is 0 Å². The normalized spacial score (nSPS) is 15.4. The summed E-state index contributed by atoms with van der Waals surface area (Å²) in [4.78, 5) is 26.8. The van der Waals surface area contributed by atoms with E-state index in [-0.39, 0.29) is 17.7 Å². The molecule has 1 heterocycles. The van der Waals surface area contributed by atoms with Crippen LogP contribution in [-0.4, -0.2) is 30.9 Å². The number of carbonyl (C=O) groups is 2. The molecule has 0 aromatic heterocycles. The zero-order chi connectivity index (χ0) is 21.8. The minimum Gasteiger partial charge on any atom is -0.493 e. The first-order valence-corrected chi connectivity index (χ1v) is 9.05. The number of amides is 2. The second-order valence-corrected chi connectivity index (χ2v) is 6.61. The van der Waals surface area contributed by atoms with Crippen molar-refractivity contribution in [2.24, 2.45) is 0 Å². The number of imide groups is 1. The number of nitrogens with zero attached hydrogens (tertiary/aromatic N) is 2. The van der Waals surface area contributed by atoms with Crippen LogP contribution in [0.15, 0.2) is 59.2 Å². The number of nitriles is 1. The predicted octanol–water partition coefficient (Wildman–Crippen LogP) is 3.64. The van der Waals surface area contributed by atoms with Crippen molar-refractivity contribution in [3.05, 3.63) is 76.1 Å². The molecule has 0 saturated carbocycles. The smallest absolute Gasteiger partial charge is 0.271 e. The van der Waals surface area contributed by atoms with Crippen LogP contribution in [0.4, 0.5) is 4.39 Å². The Kier molecular flexibility index (Phi) is 5.98. The fourth-order valence-corrected chi connectivity index (χ4v) is 3.15. The maximum absolute atomic E-state index is 13.2. The van der Waals surface area contributed by atoms with E-state index in [0.717, 1.165) is 4.90 Å². The van der Waals surface area contributed by atoms with Crippen LogP contribution in [0.2, 0.25) is 0 Å². The van der Waals surface area contributed by atoms with Gasteiger partial charge in [-0.25, -0.2) is 4.39 Å². The highest BCUT2D eigenvalue weighted by Crippen LogP contribution is 2.31. The summed E-state index contributed by atoms with van der Waals surface area (Å²) in [5.41, 5.74) is 1.63. The summed E-state index contributed by atoms with van der Waals surface area (Å²) in [6, 6.07) is 12.5. The van der Waals surface area contributed by atoms with Crippen molar-refractivity contribution in [2.75, 3.05) is 14.2 Å². The monoisotopic (exact) mass is 406 g/mol. The van der Waals surface area contributed by atoms with Crippen molar-refractivity contribution in [3.8, 4) is 17.6 Å². The van der Waals surface area contributed by atoms with Gasteiger partial charge >= 0.3 is 0 Å². The number of carbonyl (C=O) groups excluding carboxylic acids is 2. The molecular weight excluding hydrogens is 387 g/mol. The number of benzene rings is 2. The summed E-state index contributed by atoms with van der Waals surface area (Å²) in [5.74, 6) is -0.605. The summed E-state index contributed by atoms with van der Waals surface area (Å²) in [6.07, 6.45) is 1.60. The molecule has 30 heavy (non-hydrogen) atoms.